The van der Waals surface area contributed by atoms with Gasteiger partial charge < -0.3 is 5.32 Å². The molecule has 0 aliphatic heterocycles. The summed E-state index contributed by atoms with van der Waals surface area (Å²) in [5.41, 5.74) is 1.09. The van der Waals surface area contributed by atoms with Gasteiger partial charge in [0.1, 0.15) is 5.82 Å². The molecule has 2 aromatic heterocycles. The molecule has 1 fully saturated rings. The SMILES string of the molecule is Cn1c(=O)c2ccc(C(=O)NC3CCCCC3)cc2n2c(SCC(=O)c3ccc(F)cc3)nnc12. The third kappa shape index (κ3) is 4.58. The van der Waals surface area contributed by atoms with Crippen LogP contribution in [0.5, 0.6) is 0 Å². The lowest BCUT2D eigenvalue weighted by Gasteiger charge is -2.22. The Balaban J connectivity index is 1.49. The van der Waals surface area contributed by atoms with Crippen LogP contribution in [0.1, 0.15) is 52.8 Å². The summed E-state index contributed by atoms with van der Waals surface area (Å²) in [7, 11) is 1.60. The van der Waals surface area contributed by atoms with Crippen LogP contribution in [-0.2, 0) is 7.05 Å². The fourth-order valence-corrected chi connectivity index (χ4v) is 5.29. The monoisotopic (exact) mass is 493 g/mol. The van der Waals surface area contributed by atoms with Gasteiger partial charge in [-0.3, -0.25) is 23.4 Å². The van der Waals surface area contributed by atoms with Crippen LogP contribution in [0.2, 0.25) is 0 Å². The van der Waals surface area contributed by atoms with Gasteiger partial charge in [-0.25, -0.2) is 4.39 Å². The smallest absolute Gasteiger partial charge is 0.262 e. The van der Waals surface area contributed by atoms with E-state index in [9.17, 15) is 18.8 Å². The largest absolute Gasteiger partial charge is 0.349 e. The highest BCUT2D eigenvalue weighted by molar-refractivity contribution is 7.99. The first kappa shape index (κ1) is 23.2. The average molecular weight is 494 g/mol. The standard InChI is InChI=1S/C25H24FN5O3S/c1-30-23(34)19-12-9-16(22(33)27-18-5-3-2-4-6-18)13-20(19)31-24(30)28-29-25(31)35-14-21(32)15-7-10-17(26)11-8-15/h7-13,18H,2-6,14H2,1H3,(H,27,33). The molecular formula is C25H24FN5O3S. The van der Waals surface area contributed by atoms with Crippen molar-refractivity contribution in [2.75, 3.05) is 5.75 Å². The summed E-state index contributed by atoms with van der Waals surface area (Å²) in [4.78, 5) is 38.5. The van der Waals surface area contributed by atoms with Crippen molar-refractivity contribution in [2.45, 2.75) is 43.3 Å². The molecule has 2 heterocycles. The first-order valence-corrected chi connectivity index (χ1v) is 12.5. The molecular weight excluding hydrogens is 469 g/mol. The fraction of sp³-hybridized carbons (Fsp3) is 0.320. The van der Waals surface area contributed by atoms with Crippen LogP contribution < -0.4 is 10.9 Å². The molecule has 0 spiro atoms. The Labute approximate surface area is 204 Å². The molecule has 0 unspecified atom stereocenters. The Hall–Kier alpha value is -3.53. The second-order valence-corrected chi connectivity index (χ2v) is 9.68. The van der Waals surface area contributed by atoms with Crippen LogP contribution >= 0.6 is 11.8 Å². The van der Waals surface area contributed by atoms with Crippen LogP contribution in [0.15, 0.2) is 52.4 Å². The molecule has 1 aliphatic carbocycles. The Bertz CT molecular complexity index is 1490. The molecule has 0 bridgehead atoms. The molecule has 1 aliphatic rings. The summed E-state index contributed by atoms with van der Waals surface area (Å²) in [6.07, 6.45) is 5.35. The van der Waals surface area contributed by atoms with Crippen molar-refractivity contribution in [3.8, 4) is 0 Å². The summed E-state index contributed by atoms with van der Waals surface area (Å²) in [6, 6.07) is 10.5. The molecule has 0 atom stereocenters. The number of amides is 1. The van der Waals surface area contributed by atoms with Crippen LogP contribution in [0, 0.1) is 5.82 Å². The minimum Gasteiger partial charge on any atom is -0.349 e. The summed E-state index contributed by atoms with van der Waals surface area (Å²) in [6.45, 7) is 0. The molecule has 2 aromatic carbocycles. The average Bonchev–Trinajstić information content (AvgIpc) is 3.31. The van der Waals surface area contributed by atoms with Gasteiger partial charge in [0.15, 0.2) is 10.9 Å². The molecule has 4 aromatic rings. The fourth-order valence-electron chi connectivity index (χ4n) is 4.46. The van der Waals surface area contributed by atoms with Gasteiger partial charge in [-0.05, 0) is 55.3 Å². The first-order chi connectivity index (χ1) is 16.9. The van der Waals surface area contributed by atoms with E-state index in [-0.39, 0.29) is 29.0 Å². The Morgan fingerprint density at radius 1 is 1.06 bits per heavy atom. The Morgan fingerprint density at radius 3 is 2.51 bits per heavy atom. The van der Waals surface area contributed by atoms with Crippen molar-refractivity contribution >= 4 is 40.1 Å². The van der Waals surface area contributed by atoms with Crippen molar-refractivity contribution in [2.24, 2.45) is 7.05 Å². The lowest BCUT2D eigenvalue weighted by atomic mass is 9.95. The molecule has 1 amide bonds. The zero-order valence-corrected chi connectivity index (χ0v) is 20.0. The number of thioether (sulfide) groups is 1. The van der Waals surface area contributed by atoms with Gasteiger partial charge in [-0.15, -0.1) is 10.2 Å². The lowest BCUT2D eigenvalue weighted by Crippen LogP contribution is -2.36. The Kier molecular flexibility index (Phi) is 6.38. The van der Waals surface area contributed by atoms with Crippen LogP contribution in [0.3, 0.4) is 0 Å². The van der Waals surface area contributed by atoms with E-state index in [1.807, 2.05) is 0 Å². The van der Waals surface area contributed by atoms with E-state index in [1.165, 1.54) is 47.0 Å². The van der Waals surface area contributed by atoms with Gasteiger partial charge in [0, 0.05) is 24.2 Å². The number of fused-ring (bicyclic) bond motifs is 3. The third-order valence-corrected chi connectivity index (χ3v) is 7.32. The minimum absolute atomic E-state index is 0.0542. The highest BCUT2D eigenvalue weighted by atomic mass is 32.2. The van der Waals surface area contributed by atoms with E-state index < -0.39 is 5.82 Å². The van der Waals surface area contributed by atoms with Crippen LogP contribution in [0.25, 0.3) is 16.7 Å². The number of carbonyl (C=O) groups is 2. The Morgan fingerprint density at radius 2 is 1.77 bits per heavy atom. The number of hydrogen-bond acceptors (Lipinski definition) is 6. The second kappa shape index (κ2) is 9.61. The topological polar surface area (TPSA) is 98.4 Å². The zero-order chi connectivity index (χ0) is 24.5. The maximum atomic E-state index is 13.2. The number of nitrogens with zero attached hydrogens (tertiary/aromatic N) is 4. The number of halogens is 1. The van der Waals surface area contributed by atoms with Crippen LogP contribution in [0.4, 0.5) is 4.39 Å². The number of ketones is 1. The number of aryl methyl sites for hydroxylation is 1. The molecule has 0 saturated heterocycles. The number of rotatable bonds is 6. The van der Waals surface area contributed by atoms with Crippen molar-refractivity contribution < 1.29 is 14.0 Å². The van der Waals surface area contributed by atoms with Gasteiger partial charge in [0.05, 0.1) is 16.7 Å². The van der Waals surface area contributed by atoms with Gasteiger partial charge in [0.2, 0.25) is 5.78 Å². The van der Waals surface area contributed by atoms with E-state index in [1.54, 1.807) is 29.6 Å². The molecule has 180 valence electrons. The number of aromatic nitrogens is 4. The third-order valence-electron chi connectivity index (χ3n) is 6.39. The number of Topliss-reactive ketones (excluding diaryl/α,β-unsaturated/α-hetero) is 1. The predicted octanol–water partition coefficient (Wildman–Crippen LogP) is 3.76. The van der Waals surface area contributed by atoms with E-state index >= 15 is 0 Å². The molecule has 5 rings (SSSR count). The molecule has 35 heavy (non-hydrogen) atoms. The second-order valence-electron chi connectivity index (χ2n) is 8.74. The highest BCUT2D eigenvalue weighted by Gasteiger charge is 2.20. The normalized spacial score (nSPS) is 14.5. The van der Waals surface area contributed by atoms with E-state index in [2.05, 4.69) is 15.5 Å². The van der Waals surface area contributed by atoms with Crippen LogP contribution in [-0.4, -0.2) is 42.7 Å². The maximum Gasteiger partial charge on any atom is 0.262 e. The highest BCUT2D eigenvalue weighted by Crippen LogP contribution is 2.24. The maximum absolute atomic E-state index is 13.2. The van der Waals surface area contributed by atoms with E-state index in [4.69, 9.17) is 0 Å². The molecule has 8 nitrogen and oxygen atoms in total. The van der Waals surface area contributed by atoms with Crippen molar-refractivity contribution in [1.82, 2.24) is 24.5 Å². The van der Waals surface area contributed by atoms with Gasteiger partial charge in [-0.1, -0.05) is 31.0 Å². The van der Waals surface area contributed by atoms with Crippen molar-refractivity contribution in [1.29, 1.82) is 0 Å². The predicted molar refractivity (Wildman–Crippen MR) is 132 cm³/mol. The van der Waals surface area contributed by atoms with E-state index in [0.717, 1.165) is 25.7 Å². The van der Waals surface area contributed by atoms with Crippen molar-refractivity contribution in [3.63, 3.8) is 0 Å². The number of carbonyl (C=O) groups excluding carboxylic acids is 2. The number of benzene rings is 2. The van der Waals surface area contributed by atoms with Gasteiger partial charge in [0.25, 0.3) is 11.5 Å². The lowest BCUT2D eigenvalue weighted by molar-refractivity contribution is 0.0927. The van der Waals surface area contributed by atoms with Gasteiger partial charge >= 0.3 is 0 Å². The van der Waals surface area contributed by atoms with E-state index in [0.29, 0.717) is 33.0 Å². The molecule has 0 radical (unpaired) electrons. The molecule has 10 heteroatoms. The van der Waals surface area contributed by atoms with Crippen molar-refractivity contribution in [3.05, 3.63) is 69.8 Å². The number of nitrogens with one attached hydrogen (secondary N) is 1. The minimum atomic E-state index is -0.409. The van der Waals surface area contributed by atoms with Gasteiger partial charge in [-0.2, -0.15) is 0 Å². The summed E-state index contributed by atoms with van der Waals surface area (Å²) < 4.78 is 16.3. The summed E-state index contributed by atoms with van der Waals surface area (Å²) in [5.74, 6) is -0.411. The molecule has 1 saturated carbocycles. The summed E-state index contributed by atoms with van der Waals surface area (Å²) in [5, 5.41) is 12.3. The quantitative estimate of drug-likeness (QED) is 0.324. The summed E-state index contributed by atoms with van der Waals surface area (Å²) >= 11 is 1.17. The number of hydrogen-bond donors (Lipinski definition) is 1. The molecule has 1 N–H and O–H groups in total. The first-order valence-electron chi connectivity index (χ1n) is 11.5. The zero-order valence-electron chi connectivity index (χ0n) is 19.2.